The van der Waals surface area contributed by atoms with E-state index in [9.17, 15) is 24.3 Å². The number of rotatable bonds is 3. The molecule has 2 fully saturated rings. The number of hydrogen-bond donors (Lipinski definition) is 1. The molecule has 20 heavy (non-hydrogen) atoms. The molecule has 0 aromatic heterocycles. The van der Waals surface area contributed by atoms with Crippen LogP contribution in [0.15, 0.2) is 0 Å². The Morgan fingerprint density at radius 1 is 1.45 bits per heavy atom. The van der Waals surface area contributed by atoms with E-state index in [1.807, 2.05) is 0 Å². The zero-order valence-corrected chi connectivity index (χ0v) is 13.0. The van der Waals surface area contributed by atoms with Gasteiger partial charge in [-0.05, 0) is 0 Å². The molecule has 0 spiro atoms. The molecule has 2 rings (SSSR count). The summed E-state index contributed by atoms with van der Waals surface area (Å²) in [4.78, 5) is 50.1. The Bertz CT molecular complexity index is 469. The maximum absolute atomic E-state index is 11.9. The summed E-state index contributed by atoms with van der Waals surface area (Å²) in [5, 5.41) is 14.0. The van der Waals surface area contributed by atoms with E-state index < -0.39 is 35.5 Å². The van der Waals surface area contributed by atoms with Crippen molar-refractivity contribution < 1.29 is 63.4 Å². The van der Waals surface area contributed by atoms with Crippen LogP contribution >= 0.6 is 0 Å². The van der Waals surface area contributed by atoms with E-state index in [4.69, 9.17) is 4.84 Å². The first-order valence-electron chi connectivity index (χ1n) is 5.54. The summed E-state index contributed by atoms with van der Waals surface area (Å²) in [7, 11) is 0. The van der Waals surface area contributed by atoms with Crippen LogP contribution in [0.2, 0.25) is 0 Å². The Morgan fingerprint density at radius 2 is 2.10 bits per heavy atom. The topological polar surface area (TPSA) is 125 Å². The van der Waals surface area contributed by atoms with Gasteiger partial charge in [-0.25, -0.2) is 0 Å². The van der Waals surface area contributed by atoms with Crippen LogP contribution < -0.4 is 40.0 Å². The molecule has 104 valence electrons. The minimum atomic E-state index is -2.25. The summed E-state index contributed by atoms with van der Waals surface area (Å²) >= 11 is 0. The SMILES string of the molecule is CC(=O)N[C@H]1CON(C2(C(=O)[O-])CCC(=O)O2)C1=O.[Na+]. The molecule has 0 aromatic rings. The normalized spacial score (nSPS) is 28.9. The third-order valence-electron chi connectivity index (χ3n) is 2.84. The van der Waals surface area contributed by atoms with Gasteiger partial charge in [0, 0.05) is 13.3 Å². The smallest absolute Gasteiger partial charge is 0.544 e. The minimum absolute atomic E-state index is 0. The predicted octanol–water partition coefficient (Wildman–Crippen LogP) is -5.95. The monoisotopic (exact) mass is 294 g/mol. The number of carbonyl (C=O) groups is 4. The van der Waals surface area contributed by atoms with Crippen LogP contribution in [0.1, 0.15) is 19.8 Å². The van der Waals surface area contributed by atoms with Crippen LogP contribution in [0, 0.1) is 0 Å². The fourth-order valence-corrected chi connectivity index (χ4v) is 1.99. The molecule has 10 heteroatoms. The number of carboxylic acids is 1. The maximum Gasteiger partial charge on any atom is 1.00 e. The molecule has 0 saturated carbocycles. The number of nitrogens with one attached hydrogen (secondary N) is 1. The maximum atomic E-state index is 11.9. The molecule has 0 bridgehead atoms. The molecule has 1 N–H and O–H groups in total. The number of carbonyl (C=O) groups excluding carboxylic acids is 4. The summed E-state index contributed by atoms with van der Waals surface area (Å²) in [6.45, 7) is 0.977. The van der Waals surface area contributed by atoms with Gasteiger partial charge in [-0.2, -0.15) is 5.06 Å². The van der Waals surface area contributed by atoms with E-state index in [1.165, 1.54) is 6.92 Å². The first-order chi connectivity index (χ1) is 8.86. The molecule has 0 aromatic carbocycles. The number of ether oxygens (including phenoxy) is 1. The van der Waals surface area contributed by atoms with Crippen molar-refractivity contribution in [1.82, 2.24) is 10.4 Å². The molecule has 0 radical (unpaired) electrons. The first kappa shape index (κ1) is 16.9. The van der Waals surface area contributed by atoms with Crippen molar-refractivity contribution in [2.45, 2.75) is 31.5 Å². The summed E-state index contributed by atoms with van der Waals surface area (Å²) in [6, 6.07) is -1.01. The van der Waals surface area contributed by atoms with Crippen LogP contribution in [-0.4, -0.2) is 47.2 Å². The fraction of sp³-hybridized carbons (Fsp3) is 0.600. The summed E-state index contributed by atoms with van der Waals surface area (Å²) < 4.78 is 4.68. The second kappa shape index (κ2) is 6.08. The van der Waals surface area contributed by atoms with Crippen LogP contribution in [0.25, 0.3) is 0 Å². The molecule has 2 atom stereocenters. The molecule has 1 unspecified atom stereocenters. The van der Waals surface area contributed by atoms with E-state index in [1.54, 1.807) is 0 Å². The molecule has 2 heterocycles. The van der Waals surface area contributed by atoms with Crippen molar-refractivity contribution in [3.63, 3.8) is 0 Å². The van der Waals surface area contributed by atoms with Crippen molar-refractivity contribution in [3.8, 4) is 0 Å². The van der Waals surface area contributed by atoms with Gasteiger partial charge in [0.25, 0.3) is 11.6 Å². The van der Waals surface area contributed by atoms with E-state index >= 15 is 0 Å². The van der Waals surface area contributed by atoms with Crippen molar-refractivity contribution in [1.29, 1.82) is 0 Å². The van der Waals surface area contributed by atoms with Crippen LogP contribution in [0.3, 0.4) is 0 Å². The zero-order valence-electron chi connectivity index (χ0n) is 11.0. The predicted molar refractivity (Wildman–Crippen MR) is 53.5 cm³/mol. The molecule has 0 aliphatic carbocycles. The van der Waals surface area contributed by atoms with E-state index in [0.29, 0.717) is 5.06 Å². The molecule has 2 amide bonds. The van der Waals surface area contributed by atoms with Crippen LogP contribution in [0.4, 0.5) is 0 Å². The Hall–Kier alpha value is -1.16. The molecular formula is C10H11N2NaO7. The third kappa shape index (κ3) is 2.80. The Balaban J connectivity index is 0.00000200. The number of hydrogen-bond acceptors (Lipinski definition) is 7. The van der Waals surface area contributed by atoms with Crippen molar-refractivity contribution in [2.24, 2.45) is 0 Å². The van der Waals surface area contributed by atoms with Crippen LogP contribution in [0.5, 0.6) is 0 Å². The number of cyclic esters (lactones) is 1. The second-order valence-corrected chi connectivity index (χ2v) is 4.23. The van der Waals surface area contributed by atoms with Gasteiger partial charge >= 0.3 is 35.5 Å². The van der Waals surface area contributed by atoms with Gasteiger partial charge in [0.15, 0.2) is 0 Å². The largest absolute Gasteiger partial charge is 1.00 e. The molecular weight excluding hydrogens is 283 g/mol. The first-order valence-corrected chi connectivity index (χ1v) is 5.54. The van der Waals surface area contributed by atoms with Gasteiger partial charge in [0.2, 0.25) is 5.91 Å². The van der Waals surface area contributed by atoms with Crippen molar-refractivity contribution in [3.05, 3.63) is 0 Å². The number of esters is 1. The van der Waals surface area contributed by atoms with Gasteiger partial charge in [0.1, 0.15) is 18.6 Å². The van der Waals surface area contributed by atoms with Gasteiger partial charge in [-0.15, -0.1) is 0 Å². The van der Waals surface area contributed by atoms with E-state index in [2.05, 4.69) is 10.1 Å². The zero-order chi connectivity index (χ0) is 14.2. The molecule has 2 aliphatic rings. The summed E-state index contributed by atoms with van der Waals surface area (Å²) in [5.74, 6) is -3.76. The van der Waals surface area contributed by atoms with Crippen molar-refractivity contribution >= 4 is 23.8 Å². The van der Waals surface area contributed by atoms with E-state index in [-0.39, 0.29) is 49.0 Å². The molecule has 2 saturated heterocycles. The van der Waals surface area contributed by atoms with Crippen LogP contribution in [-0.2, 0) is 28.8 Å². The van der Waals surface area contributed by atoms with E-state index in [0.717, 1.165) is 0 Å². The summed E-state index contributed by atoms with van der Waals surface area (Å²) in [6.07, 6.45) is -0.418. The quantitative estimate of drug-likeness (QED) is 0.406. The Morgan fingerprint density at radius 3 is 2.55 bits per heavy atom. The second-order valence-electron chi connectivity index (χ2n) is 4.23. The Labute approximate surface area is 135 Å². The van der Waals surface area contributed by atoms with Gasteiger partial charge in [-0.3, -0.25) is 19.2 Å². The number of amides is 2. The Kier molecular flexibility index (Phi) is 5.14. The molecule has 9 nitrogen and oxygen atoms in total. The van der Waals surface area contributed by atoms with Gasteiger partial charge in [0.05, 0.1) is 6.42 Å². The average Bonchev–Trinajstić information content (AvgIpc) is 2.85. The van der Waals surface area contributed by atoms with Gasteiger partial charge < -0.3 is 20.0 Å². The number of aliphatic carboxylic acids is 1. The number of hydroxylamine groups is 2. The third-order valence-corrected chi connectivity index (χ3v) is 2.84. The standard InChI is InChI=1S/C10H12N2O7.Na/c1-5(13)11-6-4-18-12(8(6)15)10(9(16)17)3-2-7(14)19-10;/h6H,2-4H2,1H3,(H,11,13)(H,16,17);/q;+1/p-1/t6-,10?;/m0./s1. The van der Waals surface area contributed by atoms with Crippen molar-refractivity contribution in [2.75, 3.05) is 6.61 Å². The number of nitrogens with zero attached hydrogens (tertiary/aromatic N) is 1. The van der Waals surface area contributed by atoms with Gasteiger partial charge in [-0.1, -0.05) is 0 Å². The average molecular weight is 294 g/mol. The number of carboxylic acid groups (broad SMARTS) is 1. The molecule has 2 aliphatic heterocycles. The minimum Gasteiger partial charge on any atom is -0.544 e. The fourth-order valence-electron chi connectivity index (χ4n) is 1.99. The summed E-state index contributed by atoms with van der Waals surface area (Å²) in [5.41, 5.74) is -2.25.